The normalized spacial score (nSPS) is 18.0. The van der Waals surface area contributed by atoms with Crippen molar-refractivity contribution in [2.75, 3.05) is 66.9 Å². The van der Waals surface area contributed by atoms with Gasteiger partial charge in [0.15, 0.2) is 5.96 Å². The standard InChI is InChI=1S/C16H33N3O4/c1-4-17-15(18-8-5-9-22-13-12-20-2)19-14-16(21-3)6-10-23-11-7-16/h4-14H2,1-3H3,(H2,17,18,19). The minimum absolute atomic E-state index is 0.191. The zero-order valence-corrected chi connectivity index (χ0v) is 14.9. The highest BCUT2D eigenvalue weighted by Crippen LogP contribution is 2.24. The summed E-state index contributed by atoms with van der Waals surface area (Å²) in [5, 5.41) is 6.60. The minimum atomic E-state index is -0.191. The van der Waals surface area contributed by atoms with Crippen LogP contribution in [-0.4, -0.2) is 78.4 Å². The van der Waals surface area contributed by atoms with E-state index in [1.54, 1.807) is 14.2 Å². The Morgan fingerprint density at radius 3 is 2.57 bits per heavy atom. The van der Waals surface area contributed by atoms with Gasteiger partial charge in [0.2, 0.25) is 0 Å². The number of hydrogen-bond acceptors (Lipinski definition) is 5. The monoisotopic (exact) mass is 331 g/mol. The van der Waals surface area contributed by atoms with Crippen LogP contribution in [0.3, 0.4) is 0 Å². The molecule has 7 heteroatoms. The lowest BCUT2D eigenvalue weighted by molar-refractivity contribution is -0.0828. The SMILES string of the molecule is CCNC(=NCC1(OC)CCOCC1)NCCCOCCOC. The van der Waals surface area contributed by atoms with E-state index in [0.29, 0.717) is 19.8 Å². The van der Waals surface area contributed by atoms with Crippen molar-refractivity contribution in [3.8, 4) is 0 Å². The van der Waals surface area contributed by atoms with Gasteiger partial charge in [-0.15, -0.1) is 0 Å². The van der Waals surface area contributed by atoms with Gasteiger partial charge in [0, 0.05) is 60.0 Å². The first-order valence-corrected chi connectivity index (χ1v) is 8.48. The Balaban J connectivity index is 2.31. The van der Waals surface area contributed by atoms with E-state index in [4.69, 9.17) is 18.9 Å². The number of guanidine groups is 1. The Bertz CT molecular complexity index is 320. The molecule has 0 aliphatic carbocycles. The van der Waals surface area contributed by atoms with Crippen LogP contribution < -0.4 is 10.6 Å². The largest absolute Gasteiger partial charge is 0.382 e. The summed E-state index contributed by atoms with van der Waals surface area (Å²) < 4.78 is 21.5. The number of aliphatic imine (C=N–C) groups is 1. The Morgan fingerprint density at radius 1 is 1.13 bits per heavy atom. The minimum Gasteiger partial charge on any atom is -0.382 e. The molecule has 0 aromatic heterocycles. The molecule has 0 aromatic carbocycles. The van der Waals surface area contributed by atoms with Crippen LogP contribution in [0.2, 0.25) is 0 Å². The van der Waals surface area contributed by atoms with Crippen LogP contribution in [0.1, 0.15) is 26.2 Å². The van der Waals surface area contributed by atoms with Gasteiger partial charge in [-0.3, -0.25) is 4.99 Å². The maximum Gasteiger partial charge on any atom is 0.191 e. The summed E-state index contributed by atoms with van der Waals surface area (Å²) in [5.74, 6) is 0.826. The summed E-state index contributed by atoms with van der Waals surface area (Å²) in [4.78, 5) is 4.68. The Labute approximate surface area is 140 Å². The maximum absolute atomic E-state index is 5.71. The third kappa shape index (κ3) is 8.50. The molecule has 0 saturated carbocycles. The van der Waals surface area contributed by atoms with Crippen LogP contribution in [0.25, 0.3) is 0 Å². The molecule has 0 amide bonds. The Hall–Kier alpha value is -0.890. The van der Waals surface area contributed by atoms with Gasteiger partial charge in [-0.05, 0) is 13.3 Å². The molecular formula is C16H33N3O4. The zero-order chi connectivity index (χ0) is 16.8. The van der Waals surface area contributed by atoms with Gasteiger partial charge in [-0.25, -0.2) is 0 Å². The second-order valence-electron chi connectivity index (χ2n) is 5.58. The van der Waals surface area contributed by atoms with E-state index in [-0.39, 0.29) is 5.60 Å². The third-order valence-corrected chi connectivity index (χ3v) is 3.90. The number of hydrogen-bond donors (Lipinski definition) is 2. The van der Waals surface area contributed by atoms with Crippen LogP contribution in [0, 0.1) is 0 Å². The fourth-order valence-corrected chi connectivity index (χ4v) is 2.36. The molecule has 1 fully saturated rings. The summed E-state index contributed by atoms with van der Waals surface area (Å²) in [6.45, 7) is 7.84. The average molecular weight is 331 g/mol. The van der Waals surface area contributed by atoms with E-state index in [0.717, 1.165) is 58.1 Å². The van der Waals surface area contributed by atoms with Crippen molar-refractivity contribution in [3.05, 3.63) is 0 Å². The number of methoxy groups -OCH3 is 2. The van der Waals surface area contributed by atoms with Gasteiger partial charge in [0.1, 0.15) is 0 Å². The van der Waals surface area contributed by atoms with Crippen LogP contribution >= 0.6 is 0 Å². The summed E-state index contributed by atoms with van der Waals surface area (Å²) >= 11 is 0. The smallest absolute Gasteiger partial charge is 0.191 e. The van der Waals surface area contributed by atoms with E-state index < -0.39 is 0 Å². The molecule has 0 atom stereocenters. The Kier molecular flexibility index (Phi) is 11.0. The van der Waals surface area contributed by atoms with Gasteiger partial charge in [0.05, 0.1) is 25.4 Å². The van der Waals surface area contributed by atoms with Gasteiger partial charge in [-0.2, -0.15) is 0 Å². The molecule has 7 nitrogen and oxygen atoms in total. The van der Waals surface area contributed by atoms with Crippen molar-refractivity contribution in [3.63, 3.8) is 0 Å². The van der Waals surface area contributed by atoms with Crippen molar-refractivity contribution >= 4 is 5.96 Å². The van der Waals surface area contributed by atoms with Crippen molar-refractivity contribution in [1.29, 1.82) is 0 Å². The molecule has 0 bridgehead atoms. The van der Waals surface area contributed by atoms with E-state index in [2.05, 4.69) is 22.5 Å². The Morgan fingerprint density at radius 2 is 1.91 bits per heavy atom. The molecule has 0 spiro atoms. The molecule has 1 rings (SSSR count). The van der Waals surface area contributed by atoms with Crippen LogP contribution in [0.5, 0.6) is 0 Å². The lowest BCUT2D eigenvalue weighted by atomic mass is 9.94. The first kappa shape index (κ1) is 20.2. The number of ether oxygens (including phenoxy) is 4. The third-order valence-electron chi connectivity index (χ3n) is 3.90. The maximum atomic E-state index is 5.71. The average Bonchev–Trinajstić information content (AvgIpc) is 2.59. The molecule has 136 valence electrons. The zero-order valence-electron chi connectivity index (χ0n) is 14.9. The predicted molar refractivity (Wildman–Crippen MR) is 91.1 cm³/mol. The molecule has 1 heterocycles. The quantitative estimate of drug-likeness (QED) is 0.331. The predicted octanol–water partition coefficient (Wildman–Crippen LogP) is 0.790. The van der Waals surface area contributed by atoms with E-state index in [1.807, 2.05) is 0 Å². The molecule has 0 aromatic rings. The molecule has 2 N–H and O–H groups in total. The van der Waals surface area contributed by atoms with Gasteiger partial charge in [0.25, 0.3) is 0 Å². The highest BCUT2D eigenvalue weighted by molar-refractivity contribution is 5.79. The van der Waals surface area contributed by atoms with Crippen LogP contribution in [0.4, 0.5) is 0 Å². The molecule has 1 aliphatic heterocycles. The molecule has 23 heavy (non-hydrogen) atoms. The van der Waals surface area contributed by atoms with Gasteiger partial charge >= 0.3 is 0 Å². The fraction of sp³-hybridized carbons (Fsp3) is 0.938. The summed E-state index contributed by atoms with van der Waals surface area (Å²) in [6, 6.07) is 0. The number of nitrogens with one attached hydrogen (secondary N) is 2. The lowest BCUT2D eigenvalue weighted by Crippen LogP contribution is -2.44. The van der Waals surface area contributed by atoms with E-state index in [9.17, 15) is 0 Å². The second kappa shape index (κ2) is 12.5. The molecule has 1 saturated heterocycles. The topological polar surface area (TPSA) is 73.3 Å². The molecular weight excluding hydrogens is 298 g/mol. The highest BCUT2D eigenvalue weighted by atomic mass is 16.5. The van der Waals surface area contributed by atoms with Crippen molar-refractivity contribution in [2.24, 2.45) is 4.99 Å². The van der Waals surface area contributed by atoms with Crippen molar-refractivity contribution in [1.82, 2.24) is 10.6 Å². The fourth-order valence-electron chi connectivity index (χ4n) is 2.36. The molecule has 0 radical (unpaired) electrons. The van der Waals surface area contributed by atoms with Gasteiger partial charge in [-0.1, -0.05) is 0 Å². The molecule has 1 aliphatic rings. The van der Waals surface area contributed by atoms with Crippen molar-refractivity contribution < 1.29 is 18.9 Å². The first-order chi connectivity index (χ1) is 11.3. The van der Waals surface area contributed by atoms with E-state index in [1.165, 1.54) is 0 Å². The van der Waals surface area contributed by atoms with Crippen LogP contribution in [0.15, 0.2) is 4.99 Å². The first-order valence-electron chi connectivity index (χ1n) is 8.48. The second-order valence-corrected chi connectivity index (χ2v) is 5.58. The highest BCUT2D eigenvalue weighted by Gasteiger charge is 2.32. The summed E-state index contributed by atoms with van der Waals surface area (Å²) in [6.07, 6.45) is 2.71. The van der Waals surface area contributed by atoms with Gasteiger partial charge < -0.3 is 29.6 Å². The summed E-state index contributed by atoms with van der Waals surface area (Å²) in [5.41, 5.74) is -0.191. The van der Waals surface area contributed by atoms with Crippen LogP contribution in [-0.2, 0) is 18.9 Å². The van der Waals surface area contributed by atoms with E-state index >= 15 is 0 Å². The van der Waals surface area contributed by atoms with Crippen molar-refractivity contribution in [2.45, 2.75) is 31.8 Å². The molecule has 0 unspecified atom stereocenters. The number of rotatable bonds is 11. The lowest BCUT2D eigenvalue weighted by Gasteiger charge is -2.34. The number of nitrogens with zero attached hydrogens (tertiary/aromatic N) is 1. The summed E-state index contributed by atoms with van der Waals surface area (Å²) in [7, 11) is 3.44.